The van der Waals surface area contributed by atoms with E-state index < -0.39 is 0 Å². The van der Waals surface area contributed by atoms with Crippen LogP contribution in [0.4, 0.5) is 16.2 Å². The first-order valence-corrected chi connectivity index (χ1v) is 10.4. The predicted molar refractivity (Wildman–Crippen MR) is 113 cm³/mol. The monoisotopic (exact) mass is 373 g/mol. The van der Waals surface area contributed by atoms with Gasteiger partial charge in [0.2, 0.25) is 0 Å². The first-order valence-electron chi connectivity index (χ1n) is 10.4. The molecule has 1 aromatic rings. The molecule has 2 heterocycles. The van der Waals surface area contributed by atoms with Crippen LogP contribution in [0.15, 0.2) is 18.2 Å². The molecule has 0 bridgehead atoms. The molecular formula is C21H35N5O. The summed E-state index contributed by atoms with van der Waals surface area (Å²) < 4.78 is 0. The molecule has 2 N–H and O–H groups in total. The fourth-order valence-corrected chi connectivity index (χ4v) is 4.09. The van der Waals surface area contributed by atoms with Crippen LogP contribution in [0.1, 0.15) is 25.3 Å². The standard InChI is InChI=1S/C21H35N5O/c1-4-6-25-7-5-18(16-25)15-22-21(27)23-19-12-17(2)13-20(14-19)26-10-8-24(3)9-11-26/h12-14,18H,4-11,15-16H2,1-3H3,(H2,22,23,27)/t18-/m0/s1. The minimum absolute atomic E-state index is 0.0983. The second-order valence-corrected chi connectivity index (χ2v) is 8.14. The van der Waals surface area contributed by atoms with Gasteiger partial charge < -0.3 is 25.3 Å². The molecule has 1 aromatic carbocycles. The molecule has 1 atom stereocenters. The van der Waals surface area contributed by atoms with Gasteiger partial charge in [0.05, 0.1) is 0 Å². The lowest BCUT2D eigenvalue weighted by atomic mass is 10.1. The van der Waals surface area contributed by atoms with Crippen LogP contribution in [0.3, 0.4) is 0 Å². The zero-order valence-corrected chi connectivity index (χ0v) is 17.1. The van der Waals surface area contributed by atoms with Crippen molar-refractivity contribution in [3.8, 4) is 0 Å². The Morgan fingerprint density at radius 1 is 1.15 bits per heavy atom. The number of piperazine rings is 1. The zero-order valence-electron chi connectivity index (χ0n) is 17.1. The molecule has 0 unspecified atom stereocenters. The van der Waals surface area contributed by atoms with Crippen molar-refractivity contribution in [3.63, 3.8) is 0 Å². The maximum atomic E-state index is 12.4. The maximum Gasteiger partial charge on any atom is 0.319 e. The van der Waals surface area contributed by atoms with Crippen LogP contribution in [-0.4, -0.2) is 75.2 Å². The van der Waals surface area contributed by atoms with E-state index in [2.05, 4.69) is 58.4 Å². The Hall–Kier alpha value is -1.79. The van der Waals surface area contributed by atoms with E-state index in [0.29, 0.717) is 5.92 Å². The summed E-state index contributed by atoms with van der Waals surface area (Å²) in [6.07, 6.45) is 2.38. The van der Waals surface area contributed by atoms with Crippen molar-refractivity contribution in [2.45, 2.75) is 26.7 Å². The van der Waals surface area contributed by atoms with Crippen LogP contribution in [-0.2, 0) is 0 Å². The highest BCUT2D eigenvalue weighted by molar-refractivity contribution is 5.90. The summed E-state index contributed by atoms with van der Waals surface area (Å²) in [6, 6.07) is 6.24. The number of carbonyl (C=O) groups is 1. The molecule has 3 rings (SSSR count). The Kier molecular flexibility index (Phi) is 6.96. The number of anilines is 2. The molecule has 27 heavy (non-hydrogen) atoms. The Bertz CT molecular complexity index is 627. The summed E-state index contributed by atoms with van der Waals surface area (Å²) in [7, 11) is 2.16. The molecule has 6 heteroatoms. The van der Waals surface area contributed by atoms with Gasteiger partial charge in [-0.2, -0.15) is 0 Å². The summed E-state index contributed by atoms with van der Waals surface area (Å²) in [5.41, 5.74) is 3.25. The lowest BCUT2D eigenvalue weighted by Gasteiger charge is -2.34. The van der Waals surface area contributed by atoms with Crippen molar-refractivity contribution in [1.29, 1.82) is 0 Å². The summed E-state index contributed by atoms with van der Waals surface area (Å²) in [5.74, 6) is 0.570. The average Bonchev–Trinajstić information content (AvgIpc) is 3.08. The first kappa shape index (κ1) is 20.0. The van der Waals surface area contributed by atoms with Gasteiger partial charge in [-0.1, -0.05) is 6.92 Å². The highest BCUT2D eigenvalue weighted by Crippen LogP contribution is 2.23. The van der Waals surface area contributed by atoms with Gasteiger partial charge >= 0.3 is 6.03 Å². The van der Waals surface area contributed by atoms with Crippen LogP contribution in [0.5, 0.6) is 0 Å². The second kappa shape index (κ2) is 9.42. The summed E-state index contributed by atoms with van der Waals surface area (Å²) in [6.45, 7) is 12.7. The number of likely N-dealkylation sites (tertiary alicyclic amines) is 1. The Morgan fingerprint density at radius 3 is 2.67 bits per heavy atom. The number of amides is 2. The van der Waals surface area contributed by atoms with E-state index in [1.54, 1.807) is 0 Å². The summed E-state index contributed by atoms with van der Waals surface area (Å²) >= 11 is 0. The van der Waals surface area contributed by atoms with Crippen molar-refractivity contribution in [3.05, 3.63) is 23.8 Å². The molecule has 2 aliphatic heterocycles. The van der Waals surface area contributed by atoms with E-state index in [0.717, 1.165) is 51.5 Å². The van der Waals surface area contributed by atoms with Gasteiger partial charge in [0, 0.05) is 50.6 Å². The van der Waals surface area contributed by atoms with Gasteiger partial charge in [-0.25, -0.2) is 4.79 Å². The lowest BCUT2D eigenvalue weighted by molar-refractivity contribution is 0.249. The lowest BCUT2D eigenvalue weighted by Crippen LogP contribution is -2.44. The third kappa shape index (κ3) is 5.84. The summed E-state index contributed by atoms with van der Waals surface area (Å²) in [4.78, 5) is 19.6. The van der Waals surface area contributed by atoms with E-state index in [1.165, 1.54) is 30.6 Å². The predicted octanol–water partition coefficient (Wildman–Crippen LogP) is 2.60. The normalized spacial score (nSPS) is 21.4. The number of urea groups is 1. The van der Waals surface area contributed by atoms with E-state index in [4.69, 9.17) is 0 Å². The van der Waals surface area contributed by atoms with Gasteiger partial charge in [0.25, 0.3) is 0 Å². The average molecular weight is 374 g/mol. The number of nitrogens with one attached hydrogen (secondary N) is 2. The van der Waals surface area contributed by atoms with Crippen LogP contribution < -0.4 is 15.5 Å². The van der Waals surface area contributed by atoms with Crippen molar-refractivity contribution < 1.29 is 4.79 Å². The zero-order chi connectivity index (χ0) is 19.2. The fourth-order valence-electron chi connectivity index (χ4n) is 4.09. The largest absolute Gasteiger partial charge is 0.369 e. The third-order valence-electron chi connectivity index (χ3n) is 5.65. The van der Waals surface area contributed by atoms with Gasteiger partial charge in [-0.15, -0.1) is 0 Å². The van der Waals surface area contributed by atoms with Gasteiger partial charge in [0.15, 0.2) is 0 Å². The van der Waals surface area contributed by atoms with Crippen LogP contribution in [0, 0.1) is 12.8 Å². The van der Waals surface area contributed by atoms with Crippen molar-refractivity contribution in [2.24, 2.45) is 5.92 Å². The smallest absolute Gasteiger partial charge is 0.319 e. The quantitative estimate of drug-likeness (QED) is 0.805. The van der Waals surface area contributed by atoms with Crippen LogP contribution in [0.2, 0.25) is 0 Å². The second-order valence-electron chi connectivity index (χ2n) is 8.14. The SMILES string of the molecule is CCCN1CC[C@@H](CNC(=O)Nc2cc(C)cc(N3CCN(C)CC3)c2)C1. The highest BCUT2D eigenvalue weighted by atomic mass is 16.2. The molecule has 2 saturated heterocycles. The van der Waals surface area contributed by atoms with Crippen LogP contribution >= 0.6 is 0 Å². The van der Waals surface area contributed by atoms with Crippen molar-refractivity contribution in [1.82, 2.24) is 15.1 Å². The molecular weight excluding hydrogens is 338 g/mol. The molecule has 2 amide bonds. The molecule has 2 fully saturated rings. The summed E-state index contributed by atoms with van der Waals surface area (Å²) in [5, 5.41) is 6.09. The van der Waals surface area contributed by atoms with Gasteiger partial charge in [-0.05, 0) is 69.6 Å². The maximum absolute atomic E-state index is 12.4. The molecule has 0 spiro atoms. The molecule has 0 aliphatic carbocycles. The minimum atomic E-state index is -0.0983. The highest BCUT2D eigenvalue weighted by Gasteiger charge is 2.22. The number of rotatable bonds is 6. The van der Waals surface area contributed by atoms with E-state index in [1.807, 2.05) is 6.07 Å². The number of benzene rings is 1. The number of aryl methyl sites for hydroxylation is 1. The Labute approximate surface area is 163 Å². The third-order valence-corrected chi connectivity index (χ3v) is 5.65. The van der Waals surface area contributed by atoms with Crippen molar-refractivity contribution >= 4 is 17.4 Å². The molecule has 0 aromatic heterocycles. The number of hydrogen-bond acceptors (Lipinski definition) is 4. The van der Waals surface area contributed by atoms with E-state index in [-0.39, 0.29) is 6.03 Å². The molecule has 0 radical (unpaired) electrons. The number of hydrogen-bond donors (Lipinski definition) is 2. The minimum Gasteiger partial charge on any atom is -0.369 e. The molecule has 2 aliphatic rings. The van der Waals surface area contributed by atoms with E-state index in [9.17, 15) is 4.79 Å². The molecule has 150 valence electrons. The number of nitrogens with zero attached hydrogens (tertiary/aromatic N) is 3. The first-order chi connectivity index (χ1) is 13.0. The van der Waals surface area contributed by atoms with Crippen LogP contribution in [0.25, 0.3) is 0 Å². The molecule has 6 nitrogen and oxygen atoms in total. The van der Waals surface area contributed by atoms with E-state index >= 15 is 0 Å². The number of carbonyl (C=O) groups excluding carboxylic acids is 1. The van der Waals surface area contributed by atoms with Gasteiger partial charge in [0.1, 0.15) is 0 Å². The number of likely N-dealkylation sites (N-methyl/N-ethyl adjacent to an activating group) is 1. The fraction of sp³-hybridized carbons (Fsp3) is 0.667. The molecule has 0 saturated carbocycles. The van der Waals surface area contributed by atoms with Crippen molar-refractivity contribution in [2.75, 3.05) is 69.6 Å². The Morgan fingerprint density at radius 2 is 1.93 bits per heavy atom. The topological polar surface area (TPSA) is 50.9 Å². The van der Waals surface area contributed by atoms with Gasteiger partial charge in [-0.3, -0.25) is 0 Å². The Balaban J connectivity index is 1.50.